The average Bonchev–Trinajstić information content (AvgIpc) is 3.86. The Kier molecular flexibility index (Phi) is 12.4. The second kappa shape index (κ2) is 17.3. The molecule has 0 fully saturated rings. The van der Waals surface area contributed by atoms with Crippen LogP contribution in [0.25, 0.3) is 53.2 Å². The topological polar surface area (TPSA) is 38.7 Å². The first-order chi connectivity index (χ1) is 23.3. The van der Waals surface area contributed by atoms with Crippen molar-refractivity contribution in [2.24, 2.45) is 0 Å². The van der Waals surface area contributed by atoms with Crippen LogP contribution in [0.5, 0.6) is 0 Å². The van der Waals surface area contributed by atoms with Gasteiger partial charge in [0, 0.05) is 21.5 Å². The molecule has 0 saturated heterocycles. The first-order valence-electron chi connectivity index (χ1n) is 17.7. The Morgan fingerprint density at radius 1 is 0.511 bits per heavy atom. The highest BCUT2D eigenvalue weighted by atomic mass is 32.1. The minimum absolute atomic E-state index is 0.849. The summed E-state index contributed by atoms with van der Waals surface area (Å²) in [6, 6.07) is 21.3. The number of nitrogens with zero attached hydrogens (tertiary/aromatic N) is 3. The first kappa shape index (κ1) is 33.7. The van der Waals surface area contributed by atoms with Gasteiger partial charge in [0.15, 0.2) is 0 Å². The Balaban J connectivity index is 1.44. The molecule has 244 valence electrons. The van der Waals surface area contributed by atoms with Gasteiger partial charge in [0.1, 0.15) is 16.7 Å². The number of fused-ring (bicyclic) bond motifs is 1. The Labute approximate surface area is 293 Å². The standard InChI is InChI=1S/C41H47N3S3/c1-3-5-7-9-11-14-22-31-25-28-45-38(31)40-36-37(41(47-40)39-32(26-29-46-39)23-15-12-10-8-6-4-2)44-35(33-24-18-19-27-42-33)34(43-36)30-20-16-13-17-21-30/h13,16-21,24-29H,3-12,14-15,22-23H2,1-2H3. The maximum Gasteiger partial charge on any atom is 0.116 e. The normalized spacial score (nSPS) is 11.5. The first-order valence-corrected chi connectivity index (χ1v) is 20.3. The highest BCUT2D eigenvalue weighted by Crippen LogP contribution is 2.49. The summed E-state index contributed by atoms with van der Waals surface area (Å²) in [5.41, 5.74) is 8.61. The average molecular weight is 678 g/mol. The zero-order chi connectivity index (χ0) is 32.3. The summed E-state index contributed by atoms with van der Waals surface area (Å²) in [5.74, 6) is 0. The molecule has 0 unspecified atom stereocenters. The monoisotopic (exact) mass is 677 g/mol. The molecular weight excluding hydrogens is 631 g/mol. The van der Waals surface area contributed by atoms with E-state index in [4.69, 9.17) is 15.0 Å². The van der Waals surface area contributed by atoms with Crippen LogP contribution in [0.4, 0.5) is 0 Å². The van der Waals surface area contributed by atoms with Crippen molar-refractivity contribution >= 4 is 45.0 Å². The molecule has 6 heteroatoms. The highest BCUT2D eigenvalue weighted by molar-refractivity contribution is 7.27. The zero-order valence-electron chi connectivity index (χ0n) is 28.0. The fourth-order valence-electron chi connectivity index (χ4n) is 6.39. The summed E-state index contributed by atoms with van der Waals surface area (Å²) in [6.07, 6.45) is 19.8. The minimum atomic E-state index is 0.849. The van der Waals surface area contributed by atoms with Gasteiger partial charge in [-0.3, -0.25) is 4.98 Å². The van der Waals surface area contributed by atoms with E-state index in [1.54, 1.807) is 0 Å². The van der Waals surface area contributed by atoms with Crippen molar-refractivity contribution in [3.63, 3.8) is 0 Å². The fourth-order valence-corrected chi connectivity index (χ4v) is 9.85. The minimum Gasteiger partial charge on any atom is -0.255 e. The maximum absolute atomic E-state index is 5.53. The lowest BCUT2D eigenvalue weighted by molar-refractivity contribution is 0.608. The number of thiophene rings is 3. The summed E-state index contributed by atoms with van der Waals surface area (Å²) < 4.78 is 0. The molecule has 0 atom stereocenters. The number of unbranched alkanes of at least 4 members (excludes halogenated alkanes) is 10. The second-order valence-electron chi connectivity index (χ2n) is 12.5. The smallest absolute Gasteiger partial charge is 0.116 e. The lowest BCUT2D eigenvalue weighted by Gasteiger charge is -2.10. The van der Waals surface area contributed by atoms with Crippen molar-refractivity contribution in [3.8, 4) is 42.2 Å². The highest BCUT2D eigenvalue weighted by Gasteiger charge is 2.25. The van der Waals surface area contributed by atoms with Crippen LogP contribution < -0.4 is 0 Å². The van der Waals surface area contributed by atoms with E-state index in [-0.39, 0.29) is 0 Å². The third kappa shape index (κ3) is 8.28. The molecule has 1 aromatic carbocycles. The number of benzene rings is 1. The van der Waals surface area contributed by atoms with Crippen LogP contribution in [-0.4, -0.2) is 15.0 Å². The van der Waals surface area contributed by atoms with Gasteiger partial charge in [-0.15, -0.1) is 34.0 Å². The molecule has 0 radical (unpaired) electrons. The third-order valence-electron chi connectivity index (χ3n) is 8.99. The lowest BCUT2D eigenvalue weighted by atomic mass is 10.0. The van der Waals surface area contributed by atoms with Crippen LogP contribution in [0.1, 0.15) is 102 Å². The van der Waals surface area contributed by atoms with Gasteiger partial charge in [-0.25, -0.2) is 9.97 Å². The molecule has 6 aromatic rings. The molecule has 0 spiro atoms. The number of rotatable bonds is 18. The Morgan fingerprint density at radius 2 is 1.04 bits per heavy atom. The van der Waals surface area contributed by atoms with Crippen molar-refractivity contribution < 1.29 is 0 Å². The van der Waals surface area contributed by atoms with Crippen molar-refractivity contribution in [3.05, 3.63) is 88.7 Å². The van der Waals surface area contributed by atoms with E-state index in [0.717, 1.165) is 46.5 Å². The molecule has 47 heavy (non-hydrogen) atoms. The van der Waals surface area contributed by atoms with Gasteiger partial charge in [-0.1, -0.05) is 114 Å². The predicted octanol–water partition coefficient (Wildman–Crippen LogP) is 13.7. The van der Waals surface area contributed by atoms with E-state index in [9.17, 15) is 0 Å². The summed E-state index contributed by atoms with van der Waals surface area (Å²) in [6.45, 7) is 4.58. The van der Waals surface area contributed by atoms with E-state index < -0.39 is 0 Å². The second-order valence-corrected chi connectivity index (χ2v) is 15.4. The van der Waals surface area contributed by atoms with Gasteiger partial charge >= 0.3 is 0 Å². The van der Waals surface area contributed by atoms with Gasteiger partial charge in [0.25, 0.3) is 0 Å². The maximum atomic E-state index is 5.53. The fraction of sp³-hybridized carbons (Fsp3) is 0.390. The van der Waals surface area contributed by atoms with Crippen LogP contribution in [0.15, 0.2) is 77.6 Å². The number of hydrogen-bond acceptors (Lipinski definition) is 6. The summed E-state index contributed by atoms with van der Waals surface area (Å²) >= 11 is 5.62. The van der Waals surface area contributed by atoms with Crippen molar-refractivity contribution in [2.75, 3.05) is 0 Å². The molecule has 0 aliphatic heterocycles. The number of hydrogen-bond donors (Lipinski definition) is 0. The van der Waals surface area contributed by atoms with Crippen LogP contribution >= 0.6 is 34.0 Å². The SMILES string of the molecule is CCCCCCCCc1ccsc1-c1sc(-c2sccc2CCCCCCCC)c2nc(-c3ccccn3)c(-c3ccccc3)nc12. The molecule has 0 aliphatic carbocycles. The molecule has 0 bridgehead atoms. The van der Waals surface area contributed by atoms with E-state index in [2.05, 4.69) is 73.1 Å². The lowest BCUT2D eigenvalue weighted by Crippen LogP contribution is -1.97. The van der Waals surface area contributed by atoms with Crippen molar-refractivity contribution in [1.82, 2.24) is 15.0 Å². The van der Waals surface area contributed by atoms with Crippen LogP contribution in [0.3, 0.4) is 0 Å². The van der Waals surface area contributed by atoms with Gasteiger partial charge in [-0.2, -0.15) is 0 Å². The van der Waals surface area contributed by atoms with Crippen LogP contribution in [0.2, 0.25) is 0 Å². The number of aromatic nitrogens is 3. The molecule has 5 heterocycles. The van der Waals surface area contributed by atoms with Gasteiger partial charge in [-0.05, 0) is 71.8 Å². The molecule has 0 aliphatic rings. The van der Waals surface area contributed by atoms with Crippen LogP contribution in [0, 0.1) is 0 Å². The quantitative estimate of drug-likeness (QED) is 0.0850. The molecule has 6 rings (SSSR count). The molecule has 0 amide bonds. The number of aryl methyl sites for hydroxylation is 2. The predicted molar refractivity (Wildman–Crippen MR) is 207 cm³/mol. The molecular formula is C41H47N3S3. The van der Waals surface area contributed by atoms with Gasteiger partial charge in [0.05, 0.1) is 21.1 Å². The Hall–Kier alpha value is -3.19. The van der Waals surface area contributed by atoms with E-state index in [1.165, 1.54) is 108 Å². The Bertz CT molecular complexity index is 1690. The Morgan fingerprint density at radius 3 is 1.60 bits per heavy atom. The summed E-state index contributed by atoms with van der Waals surface area (Å²) in [4.78, 5) is 21.1. The van der Waals surface area contributed by atoms with Crippen molar-refractivity contribution in [1.29, 1.82) is 0 Å². The molecule has 3 nitrogen and oxygen atoms in total. The molecule has 0 N–H and O–H groups in total. The van der Waals surface area contributed by atoms with Crippen molar-refractivity contribution in [2.45, 2.75) is 104 Å². The summed E-state index contributed by atoms with van der Waals surface area (Å²) in [7, 11) is 0. The number of pyridine rings is 1. The van der Waals surface area contributed by atoms with E-state index >= 15 is 0 Å². The third-order valence-corrected chi connectivity index (χ3v) is 12.4. The van der Waals surface area contributed by atoms with E-state index in [0.29, 0.717) is 0 Å². The van der Waals surface area contributed by atoms with Crippen LogP contribution in [-0.2, 0) is 12.8 Å². The zero-order valence-corrected chi connectivity index (χ0v) is 30.4. The largest absolute Gasteiger partial charge is 0.255 e. The molecule has 0 saturated carbocycles. The van der Waals surface area contributed by atoms with Gasteiger partial charge in [0.2, 0.25) is 0 Å². The van der Waals surface area contributed by atoms with Gasteiger partial charge < -0.3 is 0 Å². The van der Waals surface area contributed by atoms with E-state index in [1.807, 2.05) is 52.3 Å². The molecule has 5 aromatic heterocycles. The summed E-state index contributed by atoms with van der Waals surface area (Å²) in [5, 5.41) is 4.55.